The van der Waals surface area contributed by atoms with E-state index in [1.807, 2.05) is 11.8 Å². The number of carboxylic acid groups (broad SMARTS) is 1. The van der Waals surface area contributed by atoms with Crippen LogP contribution in [-0.4, -0.2) is 47.1 Å². The molecule has 1 aliphatic rings. The van der Waals surface area contributed by atoms with Crippen molar-refractivity contribution in [1.29, 1.82) is 0 Å². The molecule has 0 aromatic carbocycles. The van der Waals surface area contributed by atoms with Crippen LogP contribution < -0.4 is 0 Å². The van der Waals surface area contributed by atoms with Crippen molar-refractivity contribution in [1.82, 2.24) is 4.90 Å². The molecule has 1 fully saturated rings. The average Bonchev–Trinajstić information content (AvgIpc) is 2.20. The molecule has 0 bridgehead atoms. The summed E-state index contributed by atoms with van der Waals surface area (Å²) in [6.45, 7) is 4.22. The Kier molecular flexibility index (Phi) is 5.47. The molecule has 0 aromatic rings. The zero-order valence-electron chi connectivity index (χ0n) is 9.61. The number of carbonyl (C=O) groups is 1. The fraction of sp³-hybridized carbons (Fsp3) is 0.909. The van der Waals surface area contributed by atoms with E-state index >= 15 is 0 Å². The minimum atomic E-state index is -0.620. The molecule has 1 saturated heterocycles. The topological polar surface area (TPSA) is 40.5 Å². The van der Waals surface area contributed by atoms with Gasteiger partial charge >= 0.3 is 5.97 Å². The lowest BCUT2D eigenvalue weighted by atomic mass is 9.92. The molecule has 0 aromatic heterocycles. The Labute approximate surface area is 96.2 Å². The fourth-order valence-electron chi connectivity index (χ4n) is 2.19. The number of hydrogen-bond donors (Lipinski definition) is 1. The van der Waals surface area contributed by atoms with Gasteiger partial charge in [-0.2, -0.15) is 11.8 Å². The third-order valence-corrected chi connectivity index (χ3v) is 3.85. The number of aliphatic carboxylic acids is 1. The van der Waals surface area contributed by atoms with Gasteiger partial charge in [0, 0.05) is 6.04 Å². The molecule has 0 aliphatic carbocycles. The van der Waals surface area contributed by atoms with Gasteiger partial charge in [-0.15, -0.1) is 0 Å². The van der Waals surface area contributed by atoms with Crippen molar-refractivity contribution >= 4 is 17.7 Å². The molecule has 1 heterocycles. The first-order valence-corrected chi connectivity index (χ1v) is 7.00. The first kappa shape index (κ1) is 12.8. The van der Waals surface area contributed by atoms with Gasteiger partial charge < -0.3 is 10.0 Å². The van der Waals surface area contributed by atoms with Gasteiger partial charge in [-0.25, -0.2) is 0 Å². The van der Waals surface area contributed by atoms with E-state index in [-0.39, 0.29) is 5.92 Å². The number of rotatable bonds is 5. The fourth-order valence-corrected chi connectivity index (χ4v) is 2.61. The molecule has 15 heavy (non-hydrogen) atoms. The Balaban J connectivity index is 2.29. The van der Waals surface area contributed by atoms with Crippen LogP contribution in [0, 0.1) is 5.92 Å². The van der Waals surface area contributed by atoms with Crippen molar-refractivity contribution in [2.45, 2.75) is 32.2 Å². The van der Waals surface area contributed by atoms with Gasteiger partial charge in [-0.3, -0.25) is 4.79 Å². The summed E-state index contributed by atoms with van der Waals surface area (Å²) in [6.07, 6.45) is 4.97. The van der Waals surface area contributed by atoms with E-state index in [1.165, 1.54) is 12.2 Å². The summed E-state index contributed by atoms with van der Waals surface area (Å²) in [5.41, 5.74) is 0. The molecular formula is C11H21NO2S. The normalized spacial score (nSPS) is 27.9. The van der Waals surface area contributed by atoms with E-state index in [9.17, 15) is 4.79 Å². The van der Waals surface area contributed by atoms with E-state index in [4.69, 9.17) is 5.11 Å². The highest BCUT2D eigenvalue weighted by atomic mass is 32.2. The monoisotopic (exact) mass is 231 g/mol. The summed E-state index contributed by atoms with van der Waals surface area (Å²) in [4.78, 5) is 13.3. The Morgan fingerprint density at radius 1 is 1.60 bits per heavy atom. The van der Waals surface area contributed by atoms with Gasteiger partial charge in [-0.05, 0) is 51.3 Å². The second kappa shape index (κ2) is 6.38. The van der Waals surface area contributed by atoms with E-state index in [1.54, 1.807) is 0 Å². The smallest absolute Gasteiger partial charge is 0.306 e. The van der Waals surface area contributed by atoms with Gasteiger partial charge in [0.15, 0.2) is 0 Å². The molecule has 3 nitrogen and oxygen atoms in total. The Hall–Kier alpha value is -0.220. The number of hydrogen-bond acceptors (Lipinski definition) is 3. The highest BCUT2D eigenvalue weighted by molar-refractivity contribution is 7.98. The summed E-state index contributed by atoms with van der Waals surface area (Å²) in [5, 5.41) is 8.93. The number of nitrogens with zero attached hydrogens (tertiary/aromatic N) is 1. The molecule has 1 aliphatic heterocycles. The van der Waals surface area contributed by atoms with Crippen LogP contribution in [0.25, 0.3) is 0 Å². The van der Waals surface area contributed by atoms with Crippen LogP contribution in [0.5, 0.6) is 0 Å². The van der Waals surface area contributed by atoms with Gasteiger partial charge in [0.25, 0.3) is 0 Å². The first-order chi connectivity index (χ1) is 7.15. The molecule has 0 saturated carbocycles. The molecule has 1 rings (SSSR count). The summed E-state index contributed by atoms with van der Waals surface area (Å²) < 4.78 is 0. The largest absolute Gasteiger partial charge is 0.481 e. The second-order valence-electron chi connectivity index (χ2n) is 4.29. The molecular weight excluding hydrogens is 210 g/mol. The Bertz CT molecular complexity index is 211. The summed E-state index contributed by atoms with van der Waals surface area (Å²) >= 11 is 1.88. The van der Waals surface area contributed by atoms with Gasteiger partial charge in [-0.1, -0.05) is 0 Å². The van der Waals surface area contributed by atoms with Gasteiger partial charge in [0.1, 0.15) is 0 Å². The summed E-state index contributed by atoms with van der Waals surface area (Å²) in [6, 6.07) is 0.432. The van der Waals surface area contributed by atoms with Crippen LogP contribution in [0.15, 0.2) is 0 Å². The maximum Gasteiger partial charge on any atom is 0.306 e. The molecule has 0 spiro atoms. The minimum absolute atomic E-state index is 0.114. The third kappa shape index (κ3) is 4.03. The van der Waals surface area contributed by atoms with Crippen LogP contribution in [0.1, 0.15) is 26.2 Å². The lowest BCUT2D eigenvalue weighted by molar-refractivity contribution is -0.144. The number of likely N-dealkylation sites (tertiary alicyclic amines) is 1. The van der Waals surface area contributed by atoms with Crippen LogP contribution in [0.4, 0.5) is 0 Å². The van der Waals surface area contributed by atoms with E-state index in [0.29, 0.717) is 6.04 Å². The Morgan fingerprint density at radius 3 is 2.87 bits per heavy atom. The van der Waals surface area contributed by atoms with Gasteiger partial charge in [0.2, 0.25) is 0 Å². The summed E-state index contributed by atoms with van der Waals surface area (Å²) in [5.74, 6) is 0.466. The molecule has 2 unspecified atom stereocenters. The Morgan fingerprint density at radius 2 is 2.33 bits per heavy atom. The highest BCUT2D eigenvalue weighted by Crippen LogP contribution is 2.23. The zero-order valence-corrected chi connectivity index (χ0v) is 10.4. The van der Waals surface area contributed by atoms with Crippen molar-refractivity contribution < 1.29 is 9.90 Å². The number of piperidine rings is 1. The lowest BCUT2D eigenvalue weighted by Crippen LogP contribution is -2.43. The van der Waals surface area contributed by atoms with Crippen molar-refractivity contribution in [3.05, 3.63) is 0 Å². The minimum Gasteiger partial charge on any atom is -0.481 e. The van der Waals surface area contributed by atoms with Crippen LogP contribution in [0.2, 0.25) is 0 Å². The quantitative estimate of drug-likeness (QED) is 0.734. The molecule has 4 heteroatoms. The van der Waals surface area contributed by atoms with E-state index in [0.717, 1.165) is 25.9 Å². The molecule has 1 N–H and O–H groups in total. The predicted molar refractivity (Wildman–Crippen MR) is 64.4 cm³/mol. The highest BCUT2D eigenvalue weighted by Gasteiger charge is 2.28. The third-order valence-electron chi connectivity index (χ3n) is 3.16. The lowest BCUT2D eigenvalue weighted by Gasteiger charge is -2.36. The number of carboxylic acids is 1. The average molecular weight is 231 g/mol. The first-order valence-electron chi connectivity index (χ1n) is 5.61. The van der Waals surface area contributed by atoms with E-state index in [2.05, 4.69) is 18.1 Å². The predicted octanol–water partition coefficient (Wildman–Crippen LogP) is 1.92. The molecule has 0 radical (unpaired) electrons. The van der Waals surface area contributed by atoms with Gasteiger partial charge in [0.05, 0.1) is 5.92 Å². The number of thioether (sulfide) groups is 1. The van der Waals surface area contributed by atoms with Crippen LogP contribution in [0.3, 0.4) is 0 Å². The van der Waals surface area contributed by atoms with Crippen molar-refractivity contribution in [2.24, 2.45) is 5.92 Å². The van der Waals surface area contributed by atoms with Crippen LogP contribution in [-0.2, 0) is 4.79 Å². The zero-order chi connectivity index (χ0) is 11.3. The SMILES string of the molecule is CSCCCN1CCC(C(=O)O)CC1C. The van der Waals surface area contributed by atoms with Crippen LogP contribution >= 0.6 is 11.8 Å². The standard InChI is InChI=1S/C11H21NO2S/c1-9-8-10(11(13)14)4-6-12(9)5-3-7-15-2/h9-10H,3-8H2,1-2H3,(H,13,14). The second-order valence-corrected chi connectivity index (χ2v) is 5.28. The maximum atomic E-state index is 10.8. The maximum absolute atomic E-state index is 10.8. The molecule has 0 amide bonds. The van der Waals surface area contributed by atoms with Crippen molar-refractivity contribution in [3.8, 4) is 0 Å². The molecule has 88 valence electrons. The molecule has 2 atom stereocenters. The van der Waals surface area contributed by atoms with E-state index < -0.39 is 5.97 Å². The summed E-state index contributed by atoms with van der Waals surface area (Å²) in [7, 11) is 0. The van der Waals surface area contributed by atoms with Crippen molar-refractivity contribution in [2.75, 3.05) is 25.1 Å². The van der Waals surface area contributed by atoms with Crippen molar-refractivity contribution in [3.63, 3.8) is 0 Å².